The van der Waals surface area contributed by atoms with E-state index in [1.807, 2.05) is 13.0 Å². The summed E-state index contributed by atoms with van der Waals surface area (Å²) in [6, 6.07) is 6.96. The van der Waals surface area contributed by atoms with Gasteiger partial charge < -0.3 is 19.7 Å². The zero-order valence-corrected chi connectivity index (χ0v) is 15.8. The van der Waals surface area contributed by atoms with Crippen LogP contribution < -0.4 is 9.97 Å². The van der Waals surface area contributed by atoms with Crippen molar-refractivity contribution in [2.45, 2.75) is 45.1 Å². The zero-order valence-electron chi connectivity index (χ0n) is 15.8. The summed E-state index contributed by atoms with van der Waals surface area (Å²) >= 11 is 0. The van der Waals surface area contributed by atoms with Crippen LogP contribution in [0.3, 0.4) is 0 Å². The number of ether oxygens (including phenoxy) is 1. The highest BCUT2D eigenvalue weighted by Gasteiger charge is 2.37. The molecule has 1 aliphatic heterocycles. The number of esters is 1. The van der Waals surface area contributed by atoms with Gasteiger partial charge in [0.15, 0.2) is 0 Å². The Labute approximate surface area is 164 Å². The van der Waals surface area contributed by atoms with Crippen LogP contribution in [-0.4, -0.2) is 46.3 Å². The molecule has 8 nitrogen and oxygen atoms in total. The van der Waals surface area contributed by atoms with Gasteiger partial charge in [-0.3, -0.25) is 9.48 Å². The number of hydrogen-bond donors (Lipinski definition) is 2. The second-order valence-corrected chi connectivity index (χ2v) is 6.69. The molecule has 0 saturated heterocycles. The van der Waals surface area contributed by atoms with Crippen molar-refractivity contribution in [3.63, 3.8) is 0 Å². The Hall–Kier alpha value is -2.81. The molecule has 28 heavy (non-hydrogen) atoms. The summed E-state index contributed by atoms with van der Waals surface area (Å²) in [5, 5.41) is 17.2. The molecule has 148 valence electrons. The van der Waals surface area contributed by atoms with Crippen molar-refractivity contribution < 1.29 is 24.0 Å². The van der Waals surface area contributed by atoms with Crippen LogP contribution in [-0.2, 0) is 22.5 Å². The van der Waals surface area contributed by atoms with Crippen LogP contribution in [0.1, 0.15) is 42.1 Å². The quantitative estimate of drug-likeness (QED) is 0.404. The van der Waals surface area contributed by atoms with Gasteiger partial charge >= 0.3 is 13.1 Å². The highest BCUT2D eigenvalue weighted by Crippen LogP contribution is 2.30. The van der Waals surface area contributed by atoms with Gasteiger partial charge in [0.2, 0.25) is 5.91 Å². The van der Waals surface area contributed by atoms with E-state index in [-0.39, 0.29) is 17.9 Å². The fraction of sp³-hybridized carbons (Fsp3) is 0.421. The lowest BCUT2D eigenvalue weighted by molar-refractivity contribution is -0.121. The van der Waals surface area contributed by atoms with Crippen LogP contribution >= 0.6 is 0 Å². The first kappa shape index (κ1) is 19.9. The maximum absolute atomic E-state index is 12.3. The molecule has 0 spiro atoms. The van der Waals surface area contributed by atoms with Crippen LogP contribution in [0.25, 0.3) is 0 Å². The molecule has 1 aromatic carbocycles. The summed E-state index contributed by atoms with van der Waals surface area (Å²) in [5.74, 6) is -0.955. The van der Waals surface area contributed by atoms with E-state index in [9.17, 15) is 14.6 Å². The lowest BCUT2D eigenvalue weighted by Crippen LogP contribution is -2.53. The molecule has 0 saturated carbocycles. The van der Waals surface area contributed by atoms with Crippen LogP contribution in [0.2, 0.25) is 0 Å². The highest BCUT2D eigenvalue weighted by atomic mass is 16.5. The number of hydrogen-bond acceptors (Lipinski definition) is 6. The molecule has 2 N–H and O–H groups in total. The standard InChI is InChI=1S/C19H24BN3O5/c1-2-3-12-27-19(25)15-7-4-6-14-13-16(20(26)28-18(14)15)22-17(24)8-11-23-10-5-9-21-23/h4-7,9-10,16,26H,2-3,8,11-13H2,1H3,(H,22,24). The number of benzene rings is 1. The molecule has 3 rings (SSSR count). The van der Waals surface area contributed by atoms with E-state index < -0.39 is 19.0 Å². The van der Waals surface area contributed by atoms with Gasteiger partial charge in [0, 0.05) is 25.4 Å². The molecule has 0 aliphatic carbocycles. The number of rotatable bonds is 8. The molecule has 2 heterocycles. The maximum atomic E-state index is 12.3. The van der Waals surface area contributed by atoms with Crippen molar-refractivity contribution in [3.05, 3.63) is 47.8 Å². The van der Waals surface area contributed by atoms with E-state index in [0.29, 0.717) is 25.3 Å². The lowest BCUT2D eigenvalue weighted by atomic mass is 9.72. The summed E-state index contributed by atoms with van der Waals surface area (Å²) in [4.78, 5) is 24.5. The van der Waals surface area contributed by atoms with Crippen molar-refractivity contribution in [1.29, 1.82) is 0 Å². The third-order valence-corrected chi connectivity index (χ3v) is 4.54. The second-order valence-electron chi connectivity index (χ2n) is 6.69. The maximum Gasteiger partial charge on any atom is 0.547 e. The van der Waals surface area contributed by atoms with Gasteiger partial charge in [0.25, 0.3) is 0 Å². The zero-order chi connectivity index (χ0) is 19.9. The predicted molar refractivity (Wildman–Crippen MR) is 103 cm³/mol. The number of aromatic nitrogens is 2. The fourth-order valence-electron chi connectivity index (χ4n) is 3.02. The summed E-state index contributed by atoms with van der Waals surface area (Å²) in [6.45, 7) is 2.81. The molecule has 1 aliphatic rings. The SMILES string of the molecule is CCCCOC(=O)c1cccc2c1OB(O)C(NC(=O)CCn1cccn1)C2. The molecule has 1 aromatic heterocycles. The minimum absolute atomic E-state index is 0.207. The number of carbonyl (C=O) groups excluding carboxylic acids is 2. The normalized spacial score (nSPS) is 15.5. The van der Waals surface area contributed by atoms with E-state index in [2.05, 4.69) is 10.4 Å². The third kappa shape index (κ3) is 4.92. The molecule has 1 unspecified atom stereocenters. The number of unbranched alkanes of at least 4 members (excludes halogenated alkanes) is 1. The minimum atomic E-state index is -1.24. The Balaban J connectivity index is 1.61. The Morgan fingerprint density at radius 3 is 3.04 bits per heavy atom. The van der Waals surface area contributed by atoms with Gasteiger partial charge in [-0.05, 0) is 30.5 Å². The number of aryl methyl sites for hydroxylation is 1. The van der Waals surface area contributed by atoms with Crippen LogP contribution in [0.5, 0.6) is 5.75 Å². The van der Waals surface area contributed by atoms with Crippen LogP contribution in [0.4, 0.5) is 0 Å². The molecule has 0 bridgehead atoms. The van der Waals surface area contributed by atoms with E-state index >= 15 is 0 Å². The van der Waals surface area contributed by atoms with E-state index in [1.54, 1.807) is 35.3 Å². The number of amides is 1. The second kappa shape index (κ2) is 9.41. The van der Waals surface area contributed by atoms with Gasteiger partial charge in [-0.25, -0.2) is 4.79 Å². The minimum Gasteiger partial charge on any atom is -0.534 e. The van der Waals surface area contributed by atoms with Crippen LogP contribution in [0.15, 0.2) is 36.7 Å². The van der Waals surface area contributed by atoms with E-state index in [4.69, 9.17) is 9.39 Å². The molecular formula is C19H24BN3O5. The number of nitrogens with one attached hydrogen (secondary N) is 1. The average molecular weight is 385 g/mol. The fourth-order valence-corrected chi connectivity index (χ4v) is 3.02. The molecule has 1 amide bonds. The molecule has 0 radical (unpaired) electrons. The average Bonchev–Trinajstić information content (AvgIpc) is 3.20. The monoisotopic (exact) mass is 385 g/mol. The molecule has 0 fully saturated rings. The van der Waals surface area contributed by atoms with Crippen molar-refractivity contribution in [3.8, 4) is 5.75 Å². The molecule has 2 aromatic rings. The van der Waals surface area contributed by atoms with Gasteiger partial charge in [-0.15, -0.1) is 0 Å². The van der Waals surface area contributed by atoms with Crippen molar-refractivity contribution in [1.82, 2.24) is 15.1 Å². The summed E-state index contributed by atoms with van der Waals surface area (Å²) < 4.78 is 12.5. The molecule has 9 heteroatoms. The van der Waals surface area contributed by atoms with Gasteiger partial charge in [-0.1, -0.05) is 25.5 Å². The van der Waals surface area contributed by atoms with Crippen molar-refractivity contribution in [2.75, 3.05) is 6.61 Å². The largest absolute Gasteiger partial charge is 0.547 e. The summed E-state index contributed by atoms with van der Waals surface area (Å²) in [6.07, 6.45) is 5.75. The third-order valence-electron chi connectivity index (χ3n) is 4.54. The molecular weight excluding hydrogens is 361 g/mol. The van der Waals surface area contributed by atoms with Gasteiger partial charge in [-0.2, -0.15) is 5.10 Å². The summed E-state index contributed by atoms with van der Waals surface area (Å²) in [5.41, 5.74) is 1.03. The number of nitrogens with zero attached hydrogens (tertiary/aromatic N) is 2. The Morgan fingerprint density at radius 2 is 2.29 bits per heavy atom. The van der Waals surface area contributed by atoms with Crippen LogP contribution in [0, 0.1) is 0 Å². The Bertz CT molecular complexity index is 812. The first-order valence-electron chi connectivity index (χ1n) is 9.49. The topological polar surface area (TPSA) is 103 Å². The first-order valence-corrected chi connectivity index (χ1v) is 9.49. The number of para-hydroxylation sites is 1. The van der Waals surface area contributed by atoms with Crippen molar-refractivity contribution >= 4 is 19.0 Å². The number of carbonyl (C=O) groups is 2. The highest BCUT2D eigenvalue weighted by molar-refractivity contribution is 6.47. The van der Waals surface area contributed by atoms with Gasteiger partial charge in [0.1, 0.15) is 11.3 Å². The van der Waals surface area contributed by atoms with E-state index in [0.717, 1.165) is 18.4 Å². The van der Waals surface area contributed by atoms with Crippen molar-refractivity contribution in [2.24, 2.45) is 0 Å². The van der Waals surface area contributed by atoms with E-state index in [1.165, 1.54) is 0 Å². The summed E-state index contributed by atoms with van der Waals surface area (Å²) in [7, 11) is -1.24. The van der Waals surface area contributed by atoms with Gasteiger partial charge in [0.05, 0.1) is 12.5 Å². The Kier molecular flexibility index (Phi) is 6.70. The molecule has 1 atom stereocenters. The lowest BCUT2D eigenvalue weighted by Gasteiger charge is -2.29. The number of fused-ring (bicyclic) bond motifs is 1. The first-order chi connectivity index (χ1) is 13.6. The Morgan fingerprint density at radius 1 is 1.43 bits per heavy atom. The smallest absolute Gasteiger partial charge is 0.534 e. The predicted octanol–water partition coefficient (Wildman–Crippen LogP) is 1.37.